The molecule has 0 heterocycles. The molecule has 0 fully saturated rings. The second-order valence-electron chi connectivity index (χ2n) is 8.11. The summed E-state index contributed by atoms with van der Waals surface area (Å²) in [6.07, 6.45) is -8.54. The van der Waals surface area contributed by atoms with Crippen LogP contribution in [0.1, 0.15) is 22.3 Å². The highest BCUT2D eigenvalue weighted by Crippen LogP contribution is 2.43. The largest absolute Gasteiger partial charge is 0.416 e. The molecule has 1 aliphatic rings. The van der Waals surface area contributed by atoms with Crippen molar-refractivity contribution >= 4 is 17.1 Å². The quantitative estimate of drug-likeness (QED) is 0.239. The number of rotatable bonds is 3. The van der Waals surface area contributed by atoms with Crippen molar-refractivity contribution in [2.45, 2.75) is 18.8 Å². The van der Waals surface area contributed by atoms with E-state index in [4.69, 9.17) is 0 Å². The zero-order valence-corrected chi connectivity index (χ0v) is 17.6. The third kappa shape index (κ3) is 4.02. The van der Waals surface area contributed by atoms with Gasteiger partial charge in [-0.2, -0.15) is 26.3 Å². The topological polar surface area (TPSA) is 3.24 Å². The Morgan fingerprint density at radius 2 is 1.03 bits per heavy atom. The van der Waals surface area contributed by atoms with Crippen LogP contribution in [0.4, 0.5) is 43.4 Å². The first-order chi connectivity index (χ1) is 16.1. The van der Waals surface area contributed by atoms with Crippen LogP contribution in [0.25, 0.3) is 11.1 Å². The van der Waals surface area contributed by atoms with E-state index >= 15 is 0 Å². The summed E-state index contributed by atoms with van der Waals surface area (Å²) in [5.74, 6) is 0. The lowest BCUT2D eigenvalue weighted by molar-refractivity contribution is -0.138. The van der Waals surface area contributed by atoms with E-state index in [0.717, 1.165) is 46.5 Å². The smallest absolute Gasteiger partial charge is 0.310 e. The van der Waals surface area contributed by atoms with Crippen LogP contribution >= 0.6 is 0 Å². The number of anilines is 3. The van der Waals surface area contributed by atoms with Crippen LogP contribution in [0.15, 0.2) is 91.0 Å². The maximum Gasteiger partial charge on any atom is 0.416 e. The van der Waals surface area contributed by atoms with Crippen molar-refractivity contribution in [2.75, 3.05) is 4.90 Å². The van der Waals surface area contributed by atoms with Gasteiger partial charge in [-0.3, -0.25) is 0 Å². The third-order valence-corrected chi connectivity index (χ3v) is 5.90. The standard InChI is InChI=1S/C27H17F6N/c28-26(29,30)19-6-3-8-21(15-19)34(22-9-4-7-20(16-22)27(31,32)33)23-11-12-25-18(14-23)13-17-5-1-2-10-24(17)25/h1-12,14-16H,13H2. The molecule has 7 heteroatoms. The van der Waals surface area contributed by atoms with Crippen molar-refractivity contribution in [3.63, 3.8) is 0 Å². The maximum absolute atomic E-state index is 13.4. The van der Waals surface area contributed by atoms with Crippen LogP contribution in [-0.4, -0.2) is 0 Å². The molecule has 0 unspecified atom stereocenters. The number of hydrogen-bond acceptors (Lipinski definition) is 1. The summed E-state index contributed by atoms with van der Waals surface area (Å²) in [6, 6.07) is 22.5. The molecule has 0 aliphatic heterocycles. The van der Waals surface area contributed by atoms with Crippen LogP contribution in [0.3, 0.4) is 0 Å². The summed E-state index contributed by atoms with van der Waals surface area (Å²) in [5, 5.41) is 0. The number of hydrogen-bond donors (Lipinski definition) is 0. The lowest BCUT2D eigenvalue weighted by Crippen LogP contribution is -2.14. The minimum atomic E-state index is -4.59. The number of alkyl halides is 6. The number of fused-ring (bicyclic) bond motifs is 3. The molecule has 0 amide bonds. The van der Waals surface area contributed by atoms with Crippen molar-refractivity contribution in [3.05, 3.63) is 113 Å². The van der Waals surface area contributed by atoms with E-state index < -0.39 is 23.5 Å². The Kier molecular flexibility index (Phi) is 5.15. The minimum Gasteiger partial charge on any atom is -0.310 e. The van der Waals surface area contributed by atoms with Gasteiger partial charge in [0.25, 0.3) is 0 Å². The van der Waals surface area contributed by atoms with Crippen molar-refractivity contribution in [3.8, 4) is 11.1 Å². The highest BCUT2D eigenvalue weighted by atomic mass is 19.4. The Bertz CT molecular complexity index is 1310. The predicted molar refractivity (Wildman–Crippen MR) is 119 cm³/mol. The first kappa shape index (κ1) is 22.1. The fourth-order valence-electron chi connectivity index (χ4n) is 4.36. The first-order valence-corrected chi connectivity index (χ1v) is 10.5. The molecule has 5 rings (SSSR count). The fraction of sp³-hybridized carbons (Fsp3) is 0.111. The zero-order valence-electron chi connectivity index (χ0n) is 17.6. The molecule has 172 valence electrons. The van der Waals surface area contributed by atoms with Gasteiger partial charge in [0.1, 0.15) is 0 Å². The monoisotopic (exact) mass is 469 g/mol. The summed E-state index contributed by atoms with van der Waals surface area (Å²) in [5.41, 5.74) is 3.12. The van der Waals surface area contributed by atoms with E-state index in [0.29, 0.717) is 12.1 Å². The Balaban J connectivity index is 1.67. The molecule has 4 aromatic carbocycles. The number of benzene rings is 4. The van der Waals surface area contributed by atoms with Gasteiger partial charge in [-0.25, -0.2) is 0 Å². The van der Waals surface area contributed by atoms with Crippen LogP contribution in [0.5, 0.6) is 0 Å². The summed E-state index contributed by atoms with van der Waals surface area (Å²) in [4.78, 5) is 1.42. The summed E-state index contributed by atoms with van der Waals surface area (Å²) < 4.78 is 80.5. The van der Waals surface area contributed by atoms with E-state index in [2.05, 4.69) is 0 Å². The number of halogens is 6. The molecule has 0 saturated heterocycles. The molecule has 0 bridgehead atoms. The van der Waals surface area contributed by atoms with Crippen molar-refractivity contribution in [1.82, 2.24) is 0 Å². The molecule has 4 aromatic rings. The van der Waals surface area contributed by atoms with Gasteiger partial charge in [-0.05, 0) is 77.2 Å². The van der Waals surface area contributed by atoms with Crippen LogP contribution in [0, 0.1) is 0 Å². The Hall–Kier alpha value is -3.74. The normalized spacial score (nSPS) is 12.9. The minimum absolute atomic E-state index is 0.115. The summed E-state index contributed by atoms with van der Waals surface area (Å²) in [6.45, 7) is 0. The zero-order chi connectivity index (χ0) is 24.1. The first-order valence-electron chi connectivity index (χ1n) is 10.5. The Morgan fingerprint density at radius 3 is 1.62 bits per heavy atom. The highest BCUT2D eigenvalue weighted by Gasteiger charge is 2.33. The Morgan fingerprint density at radius 1 is 0.500 bits per heavy atom. The van der Waals surface area contributed by atoms with Crippen LogP contribution in [-0.2, 0) is 18.8 Å². The van der Waals surface area contributed by atoms with Crippen LogP contribution in [0.2, 0.25) is 0 Å². The van der Waals surface area contributed by atoms with Gasteiger partial charge >= 0.3 is 12.4 Å². The highest BCUT2D eigenvalue weighted by molar-refractivity contribution is 5.83. The maximum atomic E-state index is 13.4. The lowest BCUT2D eigenvalue weighted by atomic mass is 10.0. The Labute approximate surface area is 191 Å². The van der Waals surface area contributed by atoms with Gasteiger partial charge in [-0.15, -0.1) is 0 Å². The third-order valence-electron chi connectivity index (χ3n) is 5.90. The van der Waals surface area contributed by atoms with Gasteiger partial charge < -0.3 is 4.90 Å². The van der Waals surface area contributed by atoms with E-state index in [1.165, 1.54) is 29.2 Å². The fourth-order valence-corrected chi connectivity index (χ4v) is 4.36. The molecule has 0 spiro atoms. The van der Waals surface area contributed by atoms with Gasteiger partial charge in [0, 0.05) is 17.1 Å². The molecule has 0 atom stereocenters. The predicted octanol–water partition coefficient (Wildman–Crippen LogP) is 8.77. The lowest BCUT2D eigenvalue weighted by Gasteiger charge is -2.27. The van der Waals surface area contributed by atoms with E-state index in [9.17, 15) is 26.3 Å². The molecule has 34 heavy (non-hydrogen) atoms. The van der Waals surface area contributed by atoms with Crippen molar-refractivity contribution < 1.29 is 26.3 Å². The van der Waals surface area contributed by atoms with Crippen LogP contribution < -0.4 is 4.90 Å². The molecular formula is C27H17F6N. The SMILES string of the molecule is FC(F)(F)c1cccc(N(c2cccc(C(F)(F)F)c2)c2ccc3c(c2)Cc2ccccc2-3)c1. The average molecular weight is 469 g/mol. The van der Waals surface area contributed by atoms with E-state index in [1.807, 2.05) is 36.4 Å². The molecule has 0 aromatic heterocycles. The van der Waals surface area contributed by atoms with Crippen molar-refractivity contribution in [2.24, 2.45) is 0 Å². The van der Waals surface area contributed by atoms with Crippen molar-refractivity contribution in [1.29, 1.82) is 0 Å². The molecule has 0 radical (unpaired) electrons. The van der Waals surface area contributed by atoms with E-state index in [-0.39, 0.29) is 11.4 Å². The second-order valence-corrected chi connectivity index (χ2v) is 8.11. The second kappa shape index (κ2) is 7.94. The molecular weight excluding hydrogens is 452 g/mol. The van der Waals surface area contributed by atoms with Gasteiger partial charge in [0.05, 0.1) is 11.1 Å². The van der Waals surface area contributed by atoms with Gasteiger partial charge in [0.2, 0.25) is 0 Å². The molecule has 1 nitrogen and oxygen atoms in total. The summed E-state index contributed by atoms with van der Waals surface area (Å²) in [7, 11) is 0. The molecule has 0 saturated carbocycles. The summed E-state index contributed by atoms with van der Waals surface area (Å²) >= 11 is 0. The molecule has 0 N–H and O–H groups in total. The average Bonchev–Trinajstić information content (AvgIpc) is 3.16. The van der Waals surface area contributed by atoms with E-state index in [1.54, 1.807) is 6.07 Å². The number of nitrogens with zero attached hydrogens (tertiary/aromatic N) is 1. The molecule has 1 aliphatic carbocycles. The van der Waals surface area contributed by atoms with Gasteiger partial charge in [-0.1, -0.05) is 42.5 Å². The van der Waals surface area contributed by atoms with Gasteiger partial charge in [0.15, 0.2) is 0 Å².